The highest BCUT2D eigenvalue weighted by Crippen LogP contribution is 2.26. The molecule has 0 spiro atoms. The SMILES string of the molecule is Cc1ccc(C(=O)N(C)CC2CCCC2)cc1Br. The number of halogens is 1. The molecule has 18 heavy (non-hydrogen) atoms. The van der Waals surface area contributed by atoms with Gasteiger partial charge in [-0.3, -0.25) is 4.79 Å². The monoisotopic (exact) mass is 309 g/mol. The molecule has 1 aliphatic rings. The lowest BCUT2D eigenvalue weighted by atomic mass is 10.1. The summed E-state index contributed by atoms with van der Waals surface area (Å²) in [6, 6.07) is 5.82. The predicted octanol–water partition coefficient (Wildman–Crippen LogP) is 4.02. The van der Waals surface area contributed by atoms with Gasteiger partial charge in [-0.05, 0) is 43.4 Å². The van der Waals surface area contributed by atoms with Gasteiger partial charge in [-0.25, -0.2) is 0 Å². The van der Waals surface area contributed by atoms with Gasteiger partial charge in [-0.2, -0.15) is 0 Å². The molecule has 0 atom stereocenters. The molecule has 98 valence electrons. The lowest BCUT2D eigenvalue weighted by molar-refractivity contribution is 0.0773. The van der Waals surface area contributed by atoms with E-state index in [2.05, 4.69) is 15.9 Å². The lowest BCUT2D eigenvalue weighted by Gasteiger charge is -2.21. The van der Waals surface area contributed by atoms with Gasteiger partial charge in [0, 0.05) is 23.6 Å². The Morgan fingerprint density at radius 3 is 2.67 bits per heavy atom. The first-order chi connectivity index (χ1) is 8.58. The van der Waals surface area contributed by atoms with E-state index in [4.69, 9.17) is 0 Å². The zero-order valence-corrected chi connectivity index (χ0v) is 12.7. The highest BCUT2D eigenvalue weighted by atomic mass is 79.9. The average Bonchev–Trinajstić information content (AvgIpc) is 2.84. The van der Waals surface area contributed by atoms with Crippen molar-refractivity contribution in [3.63, 3.8) is 0 Å². The fourth-order valence-corrected chi connectivity index (χ4v) is 2.99. The third kappa shape index (κ3) is 3.14. The van der Waals surface area contributed by atoms with Crippen LogP contribution in [0.2, 0.25) is 0 Å². The molecular formula is C15H20BrNO. The van der Waals surface area contributed by atoms with Crippen molar-refractivity contribution in [1.82, 2.24) is 4.90 Å². The highest BCUT2D eigenvalue weighted by Gasteiger charge is 2.20. The number of carbonyl (C=O) groups is 1. The topological polar surface area (TPSA) is 20.3 Å². The summed E-state index contributed by atoms with van der Waals surface area (Å²) in [7, 11) is 1.91. The van der Waals surface area contributed by atoms with Crippen LogP contribution in [0, 0.1) is 12.8 Å². The van der Waals surface area contributed by atoms with Crippen LogP contribution in [-0.4, -0.2) is 24.4 Å². The smallest absolute Gasteiger partial charge is 0.253 e. The Morgan fingerprint density at radius 1 is 1.39 bits per heavy atom. The van der Waals surface area contributed by atoms with E-state index in [0.717, 1.165) is 22.1 Å². The Kier molecular flexibility index (Phi) is 4.44. The van der Waals surface area contributed by atoms with Crippen LogP contribution in [0.1, 0.15) is 41.6 Å². The second-order valence-electron chi connectivity index (χ2n) is 5.30. The van der Waals surface area contributed by atoms with Gasteiger partial charge in [0.15, 0.2) is 0 Å². The van der Waals surface area contributed by atoms with Crippen LogP contribution in [0.4, 0.5) is 0 Å². The van der Waals surface area contributed by atoms with Crippen molar-refractivity contribution in [3.05, 3.63) is 33.8 Å². The first kappa shape index (κ1) is 13.6. The number of hydrogen-bond acceptors (Lipinski definition) is 1. The van der Waals surface area contributed by atoms with Crippen molar-refractivity contribution in [2.75, 3.05) is 13.6 Å². The van der Waals surface area contributed by atoms with E-state index in [-0.39, 0.29) is 5.91 Å². The maximum Gasteiger partial charge on any atom is 0.253 e. The molecule has 1 fully saturated rings. The molecule has 0 bridgehead atoms. The zero-order valence-electron chi connectivity index (χ0n) is 11.1. The van der Waals surface area contributed by atoms with Gasteiger partial charge in [0.05, 0.1) is 0 Å². The van der Waals surface area contributed by atoms with Crippen LogP contribution in [0.15, 0.2) is 22.7 Å². The lowest BCUT2D eigenvalue weighted by Crippen LogP contribution is -2.31. The Morgan fingerprint density at radius 2 is 2.06 bits per heavy atom. The van der Waals surface area contributed by atoms with Gasteiger partial charge in [0.1, 0.15) is 0 Å². The Balaban J connectivity index is 2.02. The van der Waals surface area contributed by atoms with Crippen LogP contribution < -0.4 is 0 Å². The number of hydrogen-bond donors (Lipinski definition) is 0. The van der Waals surface area contributed by atoms with Gasteiger partial charge < -0.3 is 4.90 Å². The molecule has 1 aliphatic carbocycles. The third-order valence-electron chi connectivity index (χ3n) is 3.77. The molecule has 1 saturated carbocycles. The Labute approximate surface area is 117 Å². The maximum atomic E-state index is 12.3. The van der Waals surface area contributed by atoms with Gasteiger partial charge in [-0.1, -0.05) is 34.8 Å². The van der Waals surface area contributed by atoms with E-state index in [1.54, 1.807) is 0 Å². The molecule has 3 heteroatoms. The highest BCUT2D eigenvalue weighted by molar-refractivity contribution is 9.10. The fourth-order valence-electron chi connectivity index (χ4n) is 2.61. The van der Waals surface area contributed by atoms with E-state index in [0.29, 0.717) is 5.92 Å². The normalized spacial score (nSPS) is 15.9. The standard InChI is InChI=1S/C15H20BrNO/c1-11-7-8-13(9-14(11)16)15(18)17(2)10-12-5-3-4-6-12/h7-9,12H,3-6,10H2,1-2H3. The number of amides is 1. The number of benzene rings is 1. The van der Waals surface area contributed by atoms with E-state index < -0.39 is 0 Å². The molecule has 1 aromatic rings. The summed E-state index contributed by atoms with van der Waals surface area (Å²) < 4.78 is 1.00. The number of carbonyl (C=O) groups excluding carboxylic acids is 1. The van der Waals surface area contributed by atoms with Crippen molar-refractivity contribution in [1.29, 1.82) is 0 Å². The van der Waals surface area contributed by atoms with E-state index >= 15 is 0 Å². The minimum Gasteiger partial charge on any atom is -0.341 e. The van der Waals surface area contributed by atoms with Crippen LogP contribution in [0.3, 0.4) is 0 Å². The minimum absolute atomic E-state index is 0.127. The van der Waals surface area contributed by atoms with E-state index in [1.165, 1.54) is 25.7 Å². The van der Waals surface area contributed by atoms with Crippen LogP contribution in [-0.2, 0) is 0 Å². The second kappa shape index (κ2) is 5.87. The van der Waals surface area contributed by atoms with Crippen LogP contribution >= 0.6 is 15.9 Å². The molecule has 0 radical (unpaired) electrons. The quantitative estimate of drug-likeness (QED) is 0.826. The summed E-state index contributed by atoms with van der Waals surface area (Å²) in [5.41, 5.74) is 1.93. The summed E-state index contributed by atoms with van der Waals surface area (Å²) in [5, 5.41) is 0. The first-order valence-electron chi connectivity index (χ1n) is 6.59. The molecule has 1 aromatic carbocycles. The predicted molar refractivity (Wildman–Crippen MR) is 77.8 cm³/mol. The molecular weight excluding hydrogens is 290 g/mol. The van der Waals surface area contributed by atoms with Gasteiger partial charge in [0.25, 0.3) is 5.91 Å². The maximum absolute atomic E-state index is 12.3. The molecule has 1 amide bonds. The molecule has 0 heterocycles. The van der Waals surface area contributed by atoms with Crippen molar-refractivity contribution < 1.29 is 4.79 Å². The fraction of sp³-hybridized carbons (Fsp3) is 0.533. The van der Waals surface area contributed by atoms with Crippen molar-refractivity contribution >= 4 is 21.8 Å². The summed E-state index contributed by atoms with van der Waals surface area (Å²) in [6.07, 6.45) is 5.19. The van der Waals surface area contributed by atoms with Gasteiger partial charge in [0.2, 0.25) is 0 Å². The molecule has 2 rings (SSSR count). The zero-order chi connectivity index (χ0) is 13.1. The number of aryl methyl sites for hydroxylation is 1. The number of nitrogens with zero attached hydrogens (tertiary/aromatic N) is 1. The largest absolute Gasteiger partial charge is 0.341 e. The summed E-state index contributed by atoms with van der Waals surface area (Å²) in [4.78, 5) is 14.2. The van der Waals surface area contributed by atoms with E-state index in [1.807, 2.05) is 37.1 Å². The van der Waals surface area contributed by atoms with Crippen molar-refractivity contribution in [3.8, 4) is 0 Å². The van der Waals surface area contributed by atoms with Crippen LogP contribution in [0.25, 0.3) is 0 Å². The third-order valence-corrected chi connectivity index (χ3v) is 4.63. The average molecular weight is 310 g/mol. The Bertz CT molecular complexity index is 438. The molecule has 0 aromatic heterocycles. The molecule has 0 aliphatic heterocycles. The summed E-state index contributed by atoms with van der Waals surface area (Å²) in [5.74, 6) is 0.829. The Hall–Kier alpha value is -0.830. The molecule has 0 unspecified atom stereocenters. The number of rotatable bonds is 3. The van der Waals surface area contributed by atoms with Gasteiger partial charge in [-0.15, -0.1) is 0 Å². The second-order valence-corrected chi connectivity index (χ2v) is 6.15. The van der Waals surface area contributed by atoms with Gasteiger partial charge >= 0.3 is 0 Å². The molecule has 0 N–H and O–H groups in total. The summed E-state index contributed by atoms with van der Waals surface area (Å²) in [6.45, 7) is 2.92. The first-order valence-corrected chi connectivity index (χ1v) is 7.39. The molecule has 2 nitrogen and oxygen atoms in total. The minimum atomic E-state index is 0.127. The van der Waals surface area contributed by atoms with E-state index in [9.17, 15) is 4.79 Å². The van der Waals surface area contributed by atoms with Crippen LogP contribution in [0.5, 0.6) is 0 Å². The van der Waals surface area contributed by atoms with Crippen molar-refractivity contribution in [2.45, 2.75) is 32.6 Å². The van der Waals surface area contributed by atoms with Crippen molar-refractivity contribution in [2.24, 2.45) is 5.92 Å². The summed E-state index contributed by atoms with van der Waals surface area (Å²) >= 11 is 3.48. The molecule has 0 saturated heterocycles.